The Morgan fingerprint density at radius 1 is 1.46 bits per heavy atom. The Morgan fingerprint density at radius 3 is 2.75 bits per heavy atom. The Labute approximate surface area is 144 Å². The topological polar surface area (TPSA) is 71.7 Å². The first kappa shape index (κ1) is 18.7. The summed E-state index contributed by atoms with van der Waals surface area (Å²) < 4.78 is 11.0. The normalized spacial score (nSPS) is 20.7. The van der Waals surface area contributed by atoms with Crippen LogP contribution in [-0.4, -0.2) is 58.4 Å². The Balaban J connectivity index is 1.89. The van der Waals surface area contributed by atoms with E-state index in [9.17, 15) is 4.79 Å². The van der Waals surface area contributed by atoms with E-state index in [0.29, 0.717) is 24.2 Å². The van der Waals surface area contributed by atoms with Crippen LogP contribution in [0.4, 0.5) is 4.79 Å². The van der Waals surface area contributed by atoms with Gasteiger partial charge in [0.1, 0.15) is 5.60 Å². The van der Waals surface area contributed by atoms with E-state index in [0.717, 1.165) is 25.9 Å². The molecule has 136 valence electrons. The lowest BCUT2D eigenvalue weighted by Crippen LogP contribution is -2.43. The third-order valence-corrected chi connectivity index (χ3v) is 4.23. The number of carbonyl (C=O) groups is 1. The van der Waals surface area contributed by atoms with Gasteiger partial charge in [0.05, 0.1) is 6.04 Å². The number of aromatic nitrogens is 2. The van der Waals surface area contributed by atoms with Crippen molar-refractivity contribution in [3.05, 3.63) is 11.8 Å². The van der Waals surface area contributed by atoms with Crippen molar-refractivity contribution in [2.45, 2.75) is 59.1 Å². The molecule has 0 spiro atoms. The monoisotopic (exact) mass is 338 g/mol. The van der Waals surface area contributed by atoms with Crippen molar-refractivity contribution in [1.29, 1.82) is 0 Å². The minimum Gasteiger partial charge on any atom is -0.444 e. The van der Waals surface area contributed by atoms with Crippen molar-refractivity contribution in [3.8, 4) is 0 Å². The quantitative estimate of drug-likeness (QED) is 0.840. The van der Waals surface area contributed by atoms with Gasteiger partial charge in [-0.25, -0.2) is 4.79 Å². The molecule has 0 aromatic carbocycles. The Hall–Kier alpha value is -1.63. The number of piperidine rings is 1. The van der Waals surface area contributed by atoms with Crippen molar-refractivity contribution in [1.82, 2.24) is 20.0 Å². The first-order valence-corrected chi connectivity index (χ1v) is 8.64. The van der Waals surface area contributed by atoms with Gasteiger partial charge in [-0.05, 0) is 53.0 Å². The van der Waals surface area contributed by atoms with E-state index in [1.807, 2.05) is 20.8 Å². The molecule has 1 aromatic heterocycles. The lowest BCUT2D eigenvalue weighted by molar-refractivity contribution is 0.0226. The van der Waals surface area contributed by atoms with E-state index in [1.54, 1.807) is 18.9 Å². The molecule has 2 atom stereocenters. The summed E-state index contributed by atoms with van der Waals surface area (Å²) in [5, 5.41) is 8.05. The Bertz CT molecular complexity index is 552. The van der Waals surface area contributed by atoms with E-state index >= 15 is 0 Å². The molecule has 1 fully saturated rings. The van der Waals surface area contributed by atoms with Crippen LogP contribution in [0, 0.1) is 12.8 Å². The van der Waals surface area contributed by atoms with Gasteiger partial charge in [-0.3, -0.25) is 4.90 Å². The van der Waals surface area contributed by atoms with Crippen LogP contribution >= 0.6 is 0 Å². The fourth-order valence-corrected chi connectivity index (χ4v) is 3.04. The van der Waals surface area contributed by atoms with Crippen molar-refractivity contribution >= 4 is 6.09 Å². The molecule has 0 aliphatic carbocycles. The lowest BCUT2D eigenvalue weighted by Gasteiger charge is -2.37. The van der Waals surface area contributed by atoms with E-state index in [2.05, 4.69) is 22.0 Å². The summed E-state index contributed by atoms with van der Waals surface area (Å²) in [5.41, 5.74) is -0.464. The number of hydrogen-bond acceptors (Lipinski definition) is 6. The number of carbonyl (C=O) groups excluding carboxylic acids is 1. The Kier molecular flexibility index (Phi) is 5.85. The minimum atomic E-state index is -0.464. The maximum atomic E-state index is 12.1. The van der Waals surface area contributed by atoms with Crippen LogP contribution in [0.3, 0.4) is 0 Å². The van der Waals surface area contributed by atoms with Crippen LogP contribution in [0.25, 0.3) is 0 Å². The van der Waals surface area contributed by atoms with E-state index in [4.69, 9.17) is 9.15 Å². The van der Waals surface area contributed by atoms with Crippen molar-refractivity contribution < 1.29 is 13.9 Å². The minimum absolute atomic E-state index is 0.0980. The maximum absolute atomic E-state index is 12.1. The van der Waals surface area contributed by atoms with Crippen LogP contribution in [0.5, 0.6) is 0 Å². The second-order valence-corrected chi connectivity index (χ2v) is 7.70. The van der Waals surface area contributed by atoms with E-state index in [-0.39, 0.29) is 12.1 Å². The standard InChI is InChI=1S/C17H30N4O3/c1-12(15-19-18-13(2)23-15)21-9-7-8-14(11-21)10-20(6)16(22)24-17(3,4)5/h12,14H,7-11H2,1-6H3/t12-,14-/m1/s1. The number of rotatable bonds is 4. The van der Waals surface area contributed by atoms with Gasteiger partial charge in [-0.2, -0.15) is 0 Å². The van der Waals surface area contributed by atoms with Gasteiger partial charge in [-0.15, -0.1) is 10.2 Å². The zero-order valence-electron chi connectivity index (χ0n) is 15.7. The predicted molar refractivity (Wildman–Crippen MR) is 90.6 cm³/mol. The molecule has 0 saturated carbocycles. The van der Waals surface area contributed by atoms with Crippen molar-refractivity contribution in [2.24, 2.45) is 5.92 Å². The molecule has 1 amide bonds. The molecule has 1 saturated heterocycles. The molecule has 0 unspecified atom stereocenters. The van der Waals surface area contributed by atoms with Gasteiger partial charge >= 0.3 is 6.09 Å². The van der Waals surface area contributed by atoms with Crippen LogP contribution in [0.2, 0.25) is 0 Å². The summed E-state index contributed by atoms with van der Waals surface area (Å²) in [6, 6.07) is 0.0980. The van der Waals surface area contributed by atoms with Crippen LogP contribution < -0.4 is 0 Å². The van der Waals surface area contributed by atoms with Gasteiger partial charge in [0.2, 0.25) is 11.8 Å². The summed E-state index contributed by atoms with van der Waals surface area (Å²) in [5.74, 6) is 1.67. The number of likely N-dealkylation sites (tertiary alicyclic amines) is 1. The second kappa shape index (κ2) is 7.51. The molecular weight excluding hydrogens is 308 g/mol. The third-order valence-electron chi connectivity index (χ3n) is 4.23. The van der Waals surface area contributed by atoms with Crippen LogP contribution in [0.15, 0.2) is 4.42 Å². The van der Waals surface area contributed by atoms with Gasteiger partial charge in [0, 0.05) is 27.1 Å². The van der Waals surface area contributed by atoms with Crippen molar-refractivity contribution in [3.63, 3.8) is 0 Å². The SMILES string of the molecule is Cc1nnc([C@@H](C)N2CCC[C@H](CN(C)C(=O)OC(C)(C)C)C2)o1. The highest BCUT2D eigenvalue weighted by Crippen LogP contribution is 2.26. The van der Waals surface area contributed by atoms with Crippen LogP contribution in [0.1, 0.15) is 58.4 Å². The summed E-state index contributed by atoms with van der Waals surface area (Å²) in [7, 11) is 1.80. The molecule has 24 heavy (non-hydrogen) atoms. The first-order chi connectivity index (χ1) is 11.2. The molecule has 1 aromatic rings. The highest BCUT2D eigenvalue weighted by molar-refractivity contribution is 5.67. The maximum Gasteiger partial charge on any atom is 0.410 e. The number of ether oxygens (including phenoxy) is 1. The average molecular weight is 338 g/mol. The first-order valence-electron chi connectivity index (χ1n) is 8.64. The molecule has 1 aliphatic rings. The van der Waals surface area contributed by atoms with Gasteiger partial charge < -0.3 is 14.1 Å². The lowest BCUT2D eigenvalue weighted by atomic mass is 9.96. The third kappa shape index (κ3) is 5.19. The molecule has 0 radical (unpaired) electrons. The molecule has 0 bridgehead atoms. The largest absolute Gasteiger partial charge is 0.444 e. The molecule has 2 rings (SSSR count). The van der Waals surface area contributed by atoms with Crippen LogP contribution in [-0.2, 0) is 4.74 Å². The molecule has 7 nitrogen and oxygen atoms in total. The summed E-state index contributed by atoms with van der Waals surface area (Å²) in [6.45, 7) is 12.2. The van der Waals surface area contributed by atoms with Gasteiger partial charge in [0.25, 0.3) is 0 Å². The van der Waals surface area contributed by atoms with E-state index in [1.165, 1.54) is 0 Å². The zero-order valence-corrected chi connectivity index (χ0v) is 15.7. The summed E-state index contributed by atoms with van der Waals surface area (Å²) >= 11 is 0. The smallest absolute Gasteiger partial charge is 0.410 e. The molecule has 1 aliphatic heterocycles. The molecule has 0 N–H and O–H groups in total. The summed E-state index contributed by atoms with van der Waals surface area (Å²) in [6.07, 6.45) is 1.95. The highest BCUT2D eigenvalue weighted by Gasteiger charge is 2.29. The fraction of sp³-hybridized carbons (Fsp3) is 0.824. The number of amides is 1. The van der Waals surface area contributed by atoms with Gasteiger partial charge in [-0.1, -0.05) is 0 Å². The molecular formula is C17H30N4O3. The van der Waals surface area contributed by atoms with Gasteiger partial charge in [0.15, 0.2) is 0 Å². The zero-order chi connectivity index (χ0) is 17.9. The molecule has 7 heteroatoms. The van der Waals surface area contributed by atoms with Crippen molar-refractivity contribution in [2.75, 3.05) is 26.7 Å². The number of aryl methyl sites for hydroxylation is 1. The summed E-state index contributed by atoms with van der Waals surface area (Å²) in [4.78, 5) is 16.2. The number of nitrogens with zero attached hydrogens (tertiary/aromatic N) is 4. The average Bonchev–Trinajstić information content (AvgIpc) is 2.91. The van der Waals surface area contributed by atoms with E-state index < -0.39 is 5.60 Å². The fourth-order valence-electron chi connectivity index (χ4n) is 3.04. The molecule has 2 heterocycles. The second-order valence-electron chi connectivity index (χ2n) is 7.70. The predicted octanol–water partition coefficient (Wildman–Crippen LogP) is 3.02. The highest BCUT2D eigenvalue weighted by atomic mass is 16.6. The number of hydrogen-bond donors (Lipinski definition) is 0. The Morgan fingerprint density at radius 2 is 2.17 bits per heavy atom.